The van der Waals surface area contributed by atoms with E-state index in [4.69, 9.17) is 27.9 Å². The molecule has 0 aliphatic carbocycles. The van der Waals surface area contributed by atoms with E-state index in [1.54, 1.807) is 0 Å². The lowest BCUT2D eigenvalue weighted by Gasteiger charge is -2.15. The molecule has 20 heavy (non-hydrogen) atoms. The molecule has 0 saturated heterocycles. The third-order valence-corrected chi connectivity index (χ3v) is 2.84. The summed E-state index contributed by atoms with van der Waals surface area (Å²) in [6.07, 6.45) is 3.49. The van der Waals surface area contributed by atoms with Gasteiger partial charge in [-0.3, -0.25) is 9.97 Å². The first-order valence-electron chi connectivity index (χ1n) is 5.65. The standard InChI is InChI=1S/C13H10Cl2N2O3/c14-8-3-9(15)5-11(4-8)20-12(13(18)19)6-10-7-16-1-2-17-10/h1-5,7,12H,6H2,(H,18,19). The summed E-state index contributed by atoms with van der Waals surface area (Å²) >= 11 is 11.7. The van der Waals surface area contributed by atoms with E-state index in [2.05, 4.69) is 9.97 Å². The minimum Gasteiger partial charge on any atom is -0.478 e. The number of nitrogens with zero attached hydrogens (tertiary/aromatic N) is 2. The van der Waals surface area contributed by atoms with Gasteiger partial charge in [0, 0.05) is 35.1 Å². The van der Waals surface area contributed by atoms with E-state index in [0.717, 1.165) is 0 Å². The summed E-state index contributed by atoms with van der Waals surface area (Å²) in [4.78, 5) is 19.1. The zero-order valence-electron chi connectivity index (χ0n) is 10.2. The summed E-state index contributed by atoms with van der Waals surface area (Å²) in [5, 5.41) is 9.94. The van der Waals surface area contributed by atoms with Gasteiger partial charge in [-0.15, -0.1) is 0 Å². The summed E-state index contributed by atoms with van der Waals surface area (Å²) in [7, 11) is 0. The van der Waals surface area contributed by atoms with E-state index >= 15 is 0 Å². The maximum absolute atomic E-state index is 11.2. The van der Waals surface area contributed by atoms with Crippen LogP contribution in [0.1, 0.15) is 5.69 Å². The number of hydrogen-bond donors (Lipinski definition) is 1. The van der Waals surface area contributed by atoms with Gasteiger partial charge in [0.1, 0.15) is 5.75 Å². The first kappa shape index (κ1) is 14.6. The Morgan fingerprint density at radius 3 is 2.50 bits per heavy atom. The summed E-state index contributed by atoms with van der Waals surface area (Å²) in [6.45, 7) is 0. The topological polar surface area (TPSA) is 72.3 Å². The molecule has 2 aromatic rings. The normalized spacial score (nSPS) is 11.9. The number of carboxylic acid groups (broad SMARTS) is 1. The Kier molecular flexibility index (Phi) is 4.76. The molecule has 1 N–H and O–H groups in total. The van der Waals surface area contributed by atoms with Crippen molar-refractivity contribution in [3.63, 3.8) is 0 Å². The van der Waals surface area contributed by atoms with Gasteiger partial charge >= 0.3 is 5.97 Å². The predicted molar refractivity (Wildman–Crippen MR) is 74.2 cm³/mol. The van der Waals surface area contributed by atoms with Gasteiger partial charge in [0.25, 0.3) is 0 Å². The lowest BCUT2D eigenvalue weighted by molar-refractivity contribution is -0.145. The number of aliphatic carboxylic acids is 1. The Morgan fingerprint density at radius 2 is 1.95 bits per heavy atom. The molecule has 0 radical (unpaired) electrons. The number of halogens is 2. The van der Waals surface area contributed by atoms with Crippen molar-refractivity contribution in [2.75, 3.05) is 0 Å². The van der Waals surface area contributed by atoms with Crippen LogP contribution >= 0.6 is 23.2 Å². The van der Waals surface area contributed by atoms with Gasteiger partial charge in [0.2, 0.25) is 6.10 Å². The summed E-state index contributed by atoms with van der Waals surface area (Å²) in [5.41, 5.74) is 0.521. The van der Waals surface area contributed by atoms with Crippen LogP contribution in [-0.4, -0.2) is 27.1 Å². The molecular formula is C13H10Cl2N2O3. The van der Waals surface area contributed by atoms with Crippen molar-refractivity contribution in [3.8, 4) is 5.75 Å². The molecule has 0 saturated carbocycles. The third kappa shape index (κ3) is 4.08. The molecule has 1 heterocycles. The van der Waals surface area contributed by atoms with Crippen LogP contribution in [0.5, 0.6) is 5.75 Å². The first-order valence-corrected chi connectivity index (χ1v) is 6.40. The quantitative estimate of drug-likeness (QED) is 0.919. The van der Waals surface area contributed by atoms with E-state index < -0.39 is 12.1 Å². The van der Waals surface area contributed by atoms with E-state index in [0.29, 0.717) is 21.5 Å². The second-order valence-electron chi connectivity index (χ2n) is 3.95. The molecule has 0 aliphatic rings. The van der Waals surface area contributed by atoms with Crippen LogP contribution in [0.2, 0.25) is 10.0 Å². The van der Waals surface area contributed by atoms with Gasteiger partial charge in [0.05, 0.1) is 5.69 Å². The Labute approximate surface area is 125 Å². The molecule has 1 atom stereocenters. The Bertz CT molecular complexity index is 588. The van der Waals surface area contributed by atoms with Crippen molar-refractivity contribution in [2.45, 2.75) is 12.5 Å². The Hall–Kier alpha value is -1.85. The van der Waals surface area contributed by atoms with Gasteiger partial charge in [-0.1, -0.05) is 23.2 Å². The molecule has 0 amide bonds. The minimum absolute atomic E-state index is 0.0906. The van der Waals surface area contributed by atoms with Gasteiger partial charge in [-0.2, -0.15) is 0 Å². The maximum atomic E-state index is 11.2. The van der Waals surface area contributed by atoms with Crippen LogP contribution in [0.15, 0.2) is 36.8 Å². The lowest BCUT2D eigenvalue weighted by atomic mass is 10.2. The highest BCUT2D eigenvalue weighted by Gasteiger charge is 2.21. The van der Waals surface area contributed by atoms with Crippen LogP contribution in [0.4, 0.5) is 0 Å². The van der Waals surface area contributed by atoms with Crippen LogP contribution in [0.25, 0.3) is 0 Å². The molecule has 2 rings (SSSR count). The van der Waals surface area contributed by atoms with Crippen molar-refractivity contribution < 1.29 is 14.6 Å². The van der Waals surface area contributed by atoms with Crippen LogP contribution in [0.3, 0.4) is 0 Å². The van der Waals surface area contributed by atoms with Crippen molar-refractivity contribution in [1.29, 1.82) is 0 Å². The van der Waals surface area contributed by atoms with Gasteiger partial charge in [0.15, 0.2) is 0 Å². The number of hydrogen-bond acceptors (Lipinski definition) is 4. The van der Waals surface area contributed by atoms with E-state index in [1.807, 2.05) is 0 Å². The molecule has 1 aromatic carbocycles. The zero-order chi connectivity index (χ0) is 14.5. The molecule has 0 spiro atoms. The van der Waals surface area contributed by atoms with E-state index in [-0.39, 0.29) is 6.42 Å². The minimum atomic E-state index is -1.10. The van der Waals surface area contributed by atoms with Crippen LogP contribution in [0, 0.1) is 0 Å². The number of carboxylic acids is 1. The average Bonchev–Trinajstić information content (AvgIpc) is 2.38. The number of ether oxygens (including phenoxy) is 1. The second kappa shape index (κ2) is 6.54. The van der Waals surface area contributed by atoms with Crippen molar-refractivity contribution in [3.05, 3.63) is 52.5 Å². The summed E-state index contributed by atoms with van der Waals surface area (Å²) in [6, 6.07) is 4.54. The lowest BCUT2D eigenvalue weighted by Crippen LogP contribution is -2.29. The summed E-state index contributed by atoms with van der Waals surface area (Å²) in [5.74, 6) is -0.814. The predicted octanol–water partition coefficient (Wildman–Crippen LogP) is 2.86. The number of rotatable bonds is 5. The number of aromatic nitrogens is 2. The fourth-order valence-electron chi connectivity index (χ4n) is 1.57. The SMILES string of the molecule is O=C(O)C(Cc1cnccn1)Oc1cc(Cl)cc(Cl)c1. The molecule has 1 aromatic heterocycles. The molecule has 7 heteroatoms. The molecule has 0 aliphatic heterocycles. The highest BCUT2D eigenvalue weighted by molar-refractivity contribution is 6.34. The maximum Gasteiger partial charge on any atom is 0.345 e. The zero-order valence-corrected chi connectivity index (χ0v) is 11.7. The van der Waals surface area contributed by atoms with Gasteiger partial charge in [-0.05, 0) is 18.2 Å². The van der Waals surface area contributed by atoms with E-state index in [1.165, 1.54) is 36.8 Å². The number of carbonyl (C=O) groups is 1. The Morgan fingerprint density at radius 1 is 1.25 bits per heavy atom. The molecule has 0 fully saturated rings. The molecular weight excluding hydrogens is 303 g/mol. The number of benzene rings is 1. The van der Waals surface area contributed by atoms with Gasteiger partial charge in [-0.25, -0.2) is 4.79 Å². The van der Waals surface area contributed by atoms with Gasteiger partial charge < -0.3 is 9.84 Å². The molecule has 104 valence electrons. The molecule has 1 unspecified atom stereocenters. The van der Waals surface area contributed by atoms with Crippen molar-refractivity contribution >= 4 is 29.2 Å². The first-order chi connectivity index (χ1) is 9.54. The highest BCUT2D eigenvalue weighted by Crippen LogP contribution is 2.25. The smallest absolute Gasteiger partial charge is 0.345 e. The van der Waals surface area contributed by atoms with Crippen LogP contribution in [-0.2, 0) is 11.2 Å². The second-order valence-corrected chi connectivity index (χ2v) is 4.82. The third-order valence-electron chi connectivity index (χ3n) is 2.40. The molecule has 5 nitrogen and oxygen atoms in total. The fraction of sp³-hybridized carbons (Fsp3) is 0.154. The van der Waals surface area contributed by atoms with E-state index in [9.17, 15) is 9.90 Å². The Balaban J connectivity index is 2.15. The average molecular weight is 313 g/mol. The van der Waals surface area contributed by atoms with Crippen LogP contribution < -0.4 is 4.74 Å². The fourth-order valence-corrected chi connectivity index (χ4v) is 2.07. The highest BCUT2D eigenvalue weighted by atomic mass is 35.5. The largest absolute Gasteiger partial charge is 0.478 e. The summed E-state index contributed by atoms with van der Waals surface area (Å²) < 4.78 is 5.41. The van der Waals surface area contributed by atoms with Crippen molar-refractivity contribution in [1.82, 2.24) is 9.97 Å². The molecule has 0 bridgehead atoms. The monoisotopic (exact) mass is 312 g/mol. The van der Waals surface area contributed by atoms with Crippen molar-refractivity contribution in [2.24, 2.45) is 0 Å².